The Labute approximate surface area is 135 Å². The minimum atomic E-state index is -1.00. The summed E-state index contributed by atoms with van der Waals surface area (Å²) in [5.74, 6) is -1.77. The maximum Gasteiger partial charge on any atom is 0.272 e. The fourth-order valence-electron chi connectivity index (χ4n) is 1.89. The van der Waals surface area contributed by atoms with E-state index in [0.29, 0.717) is 16.7 Å². The first-order valence-corrected chi connectivity index (χ1v) is 6.92. The molecule has 1 atom stereocenters. The molecule has 1 amide bonds. The number of hydrogen-bond acceptors (Lipinski definition) is 4. The zero-order valence-corrected chi connectivity index (χ0v) is 12.5. The number of non-ortho nitro benzene ring substituents is 1. The molecule has 0 fully saturated rings. The SMILES string of the molecule is O=C(NCC(O)c1ccc(Cl)cc1)c1ccc([N+](=O)[O-])cc1F. The molecule has 120 valence electrons. The molecule has 8 heteroatoms. The van der Waals surface area contributed by atoms with Gasteiger partial charge in [0.1, 0.15) is 5.82 Å². The number of benzene rings is 2. The van der Waals surface area contributed by atoms with E-state index in [1.807, 2.05) is 0 Å². The summed E-state index contributed by atoms with van der Waals surface area (Å²) >= 11 is 5.74. The highest BCUT2D eigenvalue weighted by Gasteiger charge is 2.17. The van der Waals surface area contributed by atoms with Gasteiger partial charge in [0.05, 0.1) is 22.7 Å². The number of nitro benzene ring substituents is 1. The van der Waals surface area contributed by atoms with Crippen LogP contribution >= 0.6 is 11.6 Å². The number of amides is 1. The van der Waals surface area contributed by atoms with Crippen molar-refractivity contribution in [1.82, 2.24) is 5.32 Å². The summed E-state index contributed by atoms with van der Waals surface area (Å²) in [5.41, 5.74) is -0.238. The maximum absolute atomic E-state index is 13.7. The van der Waals surface area contributed by atoms with E-state index >= 15 is 0 Å². The number of aliphatic hydroxyl groups is 1. The molecule has 0 heterocycles. The molecule has 0 spiro atoms. The molecule has 0 aliphatic rings. The lowest BCUT2D eigenvalue weighted by Gasteiger charge is -2.12. The van der Waals surface area contributed by atoms with Gasteiger partial charge in [0.15, 0.2) is 0 Å². The maximum atomic E-state index is 13.7. The van der Waals surface area contributed by atoms with Gasteiger partial charge in [-0.3, -0.25) is 14.9 Å². The van der Waals surface area contributed by atoms with Gasteiger partial charge in [-0.2, -0.15) is 0 Å². The molecule has 0 saturated carbocycles. The van der Waals surface area contributed by atoms with Gasteiger partial charge in [-0.1, -0.05) is 23.7 Å². The molecule has 1 unspecified atom stereocenters. The molecule has 0 aliphatic heterocycles. The minimum Gasteiger partial charge on any atom is -0.387 e. The van der Waals surface area contributed by atoms with E-state index in [2.05, 4.69) is 5.32 Å². The molecule has 0 aromatic heterocycles. The smallest absolute Gasteiger partial charge is 0.272 e. The quantitative estimate of drug-likeness (QED) is 0.647. The molecule has 2 aromatic rings. The van der Waals surface area contributed by atoms with Crippen LogP contribution in [0.3, 0.4) is 0 Å². The monoisotopic (exact) mass is 338 g/mol. The van der Waals surface area contributed by atoms with Gasteiger partial charge in [-0.25, -0.2) is 4.39 Å². The van der Waals surface area contributed by atoms with Crippen LogP contribution in [0, 0.1) is 15.9 Å². The lowest BCUT2D eigenvalue weighted by molar-refractivity contribution is -0.385. The molecule has 0 aliphatic carbocycles. The average Bonchev–Trinajstić information content (AvgIpc) is 2.52. The van der Waals surface area contributed by atoms with E-state index in [1.54, 1.807) is 24.3 Å². The summed E-state index contributed by atoms with van der Waals surface area (Å²) in [6.45, 7) is -0.142. The zero-order valence-electron chi connectivity index (χ0n) is 11.7. The Balaban J connectivity index is 2.02. The van der Waals surface area contributed by atoms with Crippen LogP contribution < -0.4 is 5.32 Å². The number of nitro groups is 1. The van der Waals surface area contributed by atoms with Crippen LogP contribution in [0.2, 0.25) is 5.02 Å². The van der Waals surface area contributed by atoms with Crippen molar-refractivity contribution >= 4 is 23.2 Å². The second-order valence-corrected chi connectivity index (χ2v) is 5.14. The number of nitrogens with zero attached hydrogens (tertiary/aromatic N) is 1. The van der Waals surface area contributed by atoms with Crippen LogP contribution in [0.15, 0.2) is 42.5 Å². The van der Waals surface area contributed by atoms with Gasteiger partial charge in [0.25, 0.3) is 11.6 Å². The van der Waals surface area contributed by atoms with E-state index < -0.39 is 28.4 Å². The average molecular weight is 339 g/mol. The summed E-state index contributed by atoms with van der Waals surface area (Å²) in [6.07, 6.45) is -0.989. The fraction of sp³-hybridized carbons (Fsp3) is 0.133. The van der Waals surface area contributed by atoms with Gasteiger partial charge in [0.2, 0.25) is 0 Å². The zero-order chi connectivity index (χ0) is 17.0. The first kappa shape index (κ1) is 16.9. The van der Waals surface area contributed by atoms with Crippen LogP contribution in [-0.2, 0) is 0 Å². The second-order valence-electron chi connectivity index (χ2n) is 4.70. The standard InChI is InChI=1S/C15H12ClFN2O4/c16-10-3-1-9(2-4-10)14(20)8-18-15(21)12-6-5-11(19(22)23)7-13(12)17/h1-7,14,20H,8H2,(H,18,21). The summed E-state index contributed by atoms with van der Waals surface area (Å²) in [4.78, 5) is 21.7. The fourth-order valence-corrected chi connectivity index (χ4v) is 2.02. The number of nitrogens with one attached hydrogen (secondary N) is 1. The van der Waals surface area contributed by atoms with Crippen molar-refractivity contribution in [3.8, 4) is 0 Å². The van der Waals surface area contributed by atoms with E-state index in [4.69, 9.17) is 11.6 Å². The van der Waals surface area contributed by atoms with Crippen molar-refractivity contribution < 1.29 is 19.2 Å². The third-order valence-electron chi connectivity index (χ3n) is 3.12. The summed E-state index contributed by atoms with van der Waals surface area (Å²) in [6, 6.07) is 9.13. The highest BCUT2D eigenvalue weighted by Crippen LogP contribution is 2.18. The highest BCUT2D eigenvalue weighted by molar-refractivity contribution is 6.30. The second kappa shape index (κ2) is 7.17. The number of rotatable bonds is 5. The molecular formula is C15H12ClFN2O4. The van der Waals surface area contributed by atoms with Crippen LogP contribution in [-0.4, -0.2) is 22.5 Å². The summed E-state index contributed by atoms with van der Waals surface area (Å²) in [7, 11) is 0. The van der Waals surface area contributed by atoms with Crippen LogP contribution in [0.1, 0.15) is 22.0 Å². The Morgan fingerprint density at radius 3 is 2.52 bits per heavy atom. The molecule has 0 radical (unpaired) electrons. The van der Waals surface area contributed by atoms with E-state index in [1.165, 1.54) is 0 Å². The molecule has 2 N–H and O–H groups in total. The van der Waals surface area contributed by atoms with Crippen LogP contribution in [0.25, 0.3) is 0 Å². The number of halogens is 2. The molecular weight excluding hydrogens is 327 g/mol. The molecule has 0 saturated heterocycles. The van der Waals surface area contributed by atoms with Crippen molar-refractivity contribution in [1.29, 1.82) is 0 Å². The third kappa shape index (κ3) is 4.24. The van der Waals surface area contributed by atoms with Gasteiger partial charge in [-0.15, -0.1) is 0 Å². The molecule has 6 nitrogen and oxygen atoms in total. The van der Waals surface area contributed by atoms with Crippen molar-refractivity contribution in [2.75, 3.05) is 6.54 Å². The van der Waals surface area contributed by atoms with Crippen molar-refractivity contribution in [3.05, 3.63) is 74.5 Å². The first-order chi connectivity index (χ1) is 10.9. The van der Waals surface area contributed by atoms with E-state index in [0.717, 1.165) is 12.1 Å². The van der Waals surface area contributed by atoms with Gasteiger partial charge >= 0.3 is 0 Å². The number of carbonyl (C=O) groups is 1. The van der Waals surface area contributed by atoms with Gasteiger partial charge in [-0.05, 0) is 23.8 Å². The lowest BCUT2D eigenvalue weighted by Crippen LogP contribution is -2.29. The molecule has 2 aromatic carbocycles. The van der Waals surface area contributed by atoms with Crippen molar-refractivity contribution in [2.24, 2.45) is 0 Å². The Morgan fingerprint density at radius 2 is 1.96 bits per heavy atom. The predicted octanol–water partition coefficient (Wildman–Crippen LogP) is 2.85. The van der Waals surface area contributed by atoms with E-state index in [-0.39, 0.29) is 12.1 Å². The predicted molar refractivity (Wildman–Crippen MR) is 81.8 cm³/mol. The Hall–Kier alpha value is -2.51. The Morgan fingerprint density at radius 1 is 1.30 bits per heavy atom. The van der Waals surface area contributed by atoms with Crippen LogP contribution in [0.4, 0.5) is 10.1 Å². The topological polar surface area (TPSA) is 92.5 Å². The van der Waals surface area contributed by atoms with Crippen molar-refractivity contribution in [3.63, 3.8) is 0 Å². The van der Waals surface area contributed by atoms with Crippen molar-refractivity contribution in [2.45, 2.75) is 6.10 Å². The molecule has 23 heavy (non-hydrogen) atoms. The lowest BCUT2D eigenvalue weighted by atomic mass is 10.1. The Kier molecular flexibility index (Phi) is 5.25. The van der Waals surface area contributed by atoms with Crippen LogP contribution in [0.5, 0.6) is 0 Å². The normalized spacial score (nSPS) is 11.8. The third-order valence-corrected chi connectivity index (χ3v) is 3.37. The molecule has 2 rings (SSSR count). The van der Waals surface area contributed by atoms with E-state index in [9.17, 15) is 24.4 Å². The first-order valence-electron chi connectivity index (χ1n) is 6.54. The Bertz CT molecular complexity index is 737. The largest absolute Gasteiger partial charge is 0.387 e. The van der Waals surface area contributed by atoms with Gasteiger partial charge < -0.3 is 10.4 Å². The summed E-state index contributed by atoms with van der Waals surface area (Å²) < 4.78 is 13.7. The number of hydrogen-bond donors (Lipinski definition) is 2. The molecule has 0 bridgehead atoms. The van der Waals surface area contributed by atoms with Gasteiger partial charge in [0, 0.05) is 17.6 Å². The summed E-state index contributed by atoms with van der Waals surface area (Å²) in [5, 5.41) is 23.4. The minimum absolute atomic E-state index is 0.142. The highest BCUT2D eigenvalue weighted by atomic mass is 35.5. The number of carbonyl (C=O) groups excluding carboxylic acids is 1. The number of aliphatic hydroxyl groups excluding tert-OH is 1.